The third kappa shape index (κ3) is 4.83. The molecule has 15 heavy (non-hydrogen) atoms. The second-order valence-corrected chi connectivity index (χ2v) is 4.89. The Kier molecular flexibility index (Phi) is 5.35. The molecule has 0 heterocycles. The largest absolute Gasteiger partial charge is 0.0991 e. The Morgan fingerprint density at radius 2 is 1.80 bits per heavy atom. The van der Waals surface area contributed by atoms with Crippen molar-refractivity contribution in [3.8, 4) is 0 Å². The second-order valence-electron chi connectivity index (χ2n) is 4.89. The Bertz CT molecular complexity index is 292. The molecule has 0 N–H and O–H groups in total. The van der Waals surface area contributed by atoms with Crippen molar-refractivity contribution in [3.63, 3.8) is 0 Å². The van der Waals surface area contributed by atoms with Gasteiger partial charge in [0.05, 0.1) is 0 Å². The minimum Gasteiger partial charge on any atom is -0.0991 e. The van der Waals surface area contributed by atoms with Crippen LogP contribution in [-0.2, 0) is 0 Å². The first-order valence-electron chi connectivity index (χ1n) is 5.52. The van der Waals surface area contributed by atoms with E-state index in [0.29, 0.717) is 0 Å². The van der Waals surface area contributed by atoms with Crippen molar-refractivity contribution < 1.29 is 0 Å². The zero-order valence-electron chi connectivity index (χ0n) is 10.9. The fourth-order valence-corrected chi connectivity index (χ4v) is 1.26. The number of allylic oxidation sites excluding steroid dienone is 6. The van der Waals surface area contributed by atoms with Crippen LogP contribution >= 0.6 is 0 Å². The van der Waals surface area contributed by atoms with Gasteiger partial charge in [-0.05, 0) is 29.9 Å². The highest BCUT2D eigenvalue weighted by molar-refractivity contribution is 5.37. The minimum atomic E-state index is 0.156. The molecule has 0 nitrogen and oxygen atoms in total. The van der Waals surface area contributed by atoms with Gasteiger partial charge < -0.3 is 0 Å². The Balaban J connectivity index is 5.08. The molecule has 0 heteroatoms. The molecule has 0 aliphatic heterocycles. The molecule has 0 aromatic carbocycles. The summed E-state index contributed by atoms with van der Waals surface area (Å²) in [6.45, 7) is 18.7. The lowest BCUT2D eigenvalue weighted by atomic mass is 9.84. The zero-order chi connectivity index (χ0) is 12.1. The van der Waals surface area contributed by atoms with Crippen LogP contribution in [0.15, 0.2) is 48.1 Å². The molecule has 0 aromatic heterocycles. The molecule has 0 aliphatic rings. The Morgan fingerprint density at radius 1 is 1.27 bits per heavy atom. The average molecular weight is 204 g/mol. The zero-order valence-corrected chi connectivity index (χ0v) is 10.9. The first-order valence-corrected chi connectivity index (χ1v) is 5.52. The maximum Gasteiger partial charge on any atom is -0.0132 e. The second kappa shape index (κ2) is 5.75. The molecule has 0 aromatic rings. The van der Waals surface area contributed by atoms with E-state index in [0.717, 1.165) is 6.42 Å². The predicted octanol–water partition coefficient (Wildman–Crippen LogP) is 5.06. The van der Waals surface area contributed by atoms with E-state index in [1.165, 1.54) is 16.7 Å². The van der Waals surface area contributed by atoms with E-state index in [9.17, 15) is 0 Å². The molecular formula is C15H24. The third-order valence-corrected chi connectivity index (χ3v) is 2.52. The van der Waals surface area contributed by atoms with E-state index in [1.807, 2.05) is 6.08 Å². The maximum absolute atomic E-state index is 4.05. The van der Waals surface area contributed by atoms with Gasteiger partial charge in [-0.1, -0.05) is 64.7 Å². The Hall–Kier alpha value is -1.04. The predicted molar refractivity (Wildman–Crippen MR) is 70.9 cm³/mol. The van der Waals surface area contributed by atoms with E-state index in [1.54, 1.807) is 0 Å². The average Bonchev–Trinajstić information content (AvgIpc) is 2.14. The number of hydrogen-bond donors (Lipinski definition) is 0. The van der Waals surface area contributed by atoms with Gasteiger partial charge >= 0.3 is 0 Å². The van der Waals surface area contributed by atoms with Crippen LogP contribution in [0, 0.1) is 5.41 Å². The van der Waals surface area contributed by atoms with Gasteiger partial charge in [-0.2, -0.15) is 0 Å². The molecule has 0 fully saturated rings. The molecule has 0 saturated carbocycles. The van der Waals surface area contributed by atoms with Gasteiger partial charge in [-0.3, -0.25) is 0 Å². The lowest BCUT2D eigenvalue weighted by Crippen LogP contribution is -2.08. The topological polar surface area (TPSA) is 0 Å². The summed E-state index contributed by atoms with van der Waals surface area (Å²) >= 11 is 0. The Labute approximate surface area is 95.1 Å². The normalized spacial score (nSPS) is 13.9. The highest BCUT2D eigenvalue weighted by Gasteiger charge is 2.14. The molecule has 0 rings (SSSR count). The van der Waals surface area contributed by atoms with Gasteiger partial charge in [0.25, 0.3) is 0 Å². The van der Waals surface area contributed by atoms with Gasteiger partial charge in [0, 0.05) is 0 Å². The van der Waals surface area contributed by atoms with Crippen LogP contribution in [0.3, 0.4) is 0 Å². The van der Waals surface area contributed by atoms with Gasteiger partial charge in [-0.25, -0.2) is 0 Å². The first kappa shape index (κ1) is 14.0. The number of rotatable bonds is 4. The third-order valence-electron chi connectivity index (χ3n) is 2.52. The van der Waals surface area contributed by atoms with Crippen LogP contribution in [0.25, 0.3) is 0 Å². The molecule has 84 valence electrons. The quantitative estimate of drug-likeness (QED) is 0.562. The van der Waals surface area contributed by atoms with Crippen molar-refractivity contribution in [1.29, 1.82) is 0 Å². The fraction of sp³-hybridized carbons (Fsp3) is 0.467. The summed E-state index contributed by atoms with van der Waals surface area (Å²) in [5.74, 6) is 0. The van der Waals surface area contributed by atoms with Gasteiger partial charge in [0.15, 0.2) is 0 Å². The van der Waals surface area contributed by atoms with Crippen LogP contribution in [0.1, 0.15) is 41.0 Å². The lowest BCUT2D eigenvalue weighted by molar-refractivity contribution is 0.516. The smallest absolute Gasteiger partial charge is 0.0132 e. The van der Waals surface area contributed by atoms with Crippen molar-refractivity contribution in [1.82, 2.24) is 0 Å². The molecule has 0 atom stereocenters. The van der Waals surface area contributed by atoms with Crippen LogP contribution in [0.4, 0.5) is 0 Å². The molecule has 0 bridgehead atoms. The van der Waals surface area contributed by atoms with E-state index in [-0.39, 0.29) is 5.41 Å². The molecule has 0 saturated heterocycles. The van der Waals surface area contributed by atoms with Crippen molar-refractivity contribution >= 4 is 0 Å². The molecule has 0 aliphatic carbocycles. The van der Waals surface area contributed by atoms with E-state index < -0.39 is 0 Å². The SMILES string of the molecule is C=C/C=C(\C=C(/C)C(=C)CC)C(C)(C)C. The van der Waals surface area contributed by atoms with Crippen molar-refractivity contribution in [2.75, 3.05) is 0 Å². The molecule has 0 radical (unpaired) electrons. The van der Waals surface area contributed by atoms with Gasteiger partial charge in [0.2, 0.25) is 0 Å². The summed E-state index contributed by atoms with van der Waals surface area (Å²) in [4.78, 5) is 0. The van der Waals surface area contributed by atoms with Crippen LogP contribution < -0.4 is 0 Å². The summed E-state index contributed by atoms with van der Waals surface area (Å²) in [6, 6.07) is 0. The van der Waals surface area contributed by atoms with Crippen molar-refractivity contribution in [3.05, 3.63) is 48.1 Å². The van der Waals surface area contributed by atoms with Gasteiger partial charge in [0.1, 0.15) is 0 Å². The highest BCUT2D eigenvalue weighted by Crippen LogP contribution is 2.28. The van der Waals surface area contributed by atoms with E-state index in [4.69, 9.17) is 0 Å². The summed E-state index contributed by atoms with van der Waals surface area (Å²) in [7, 11) is 0. The summed E-state index contributed by atoms with van der Waals surface area (Å²) < 4.78 is 0. The van der Waals surface area contributed by atoms with Crippen LogP contribution in [0.5, 0.6) is 0 Å². The molecule has 0 amide bonds. The van der Waals surface area contributed by atoms with Crippen molar-refractivity contribution in [2.45, 2.75) is 41.0 Å². The standard InChI is InChI=1S/C15H24/c1-8-10-14(15(5,6)7)11-13(4)12(3)9-2/h8,10-11H,1,3,9H2,2,4-7H3/b13-11+,14-10+. The monoisotopic (exact) mass is 204 g/mol. The summed E-state index contributed by atoms with van der Waals surface area (Å²) in [5, 5.41) is 0. The van der Waals surface area contributed by atoms with Crippen LogP contribution in [0.2, 0.25) is 0 Å². The fourth-order valence-electron chi connectivity index (χ4n) is 1.26. The Morgan fingerprint density at radius 3 is 2.13 bits per heavy atom. The molecule has 0 unspecified atom stereocenters. The minimum absolute atomic E-state index is 0.156. The number of hydrogen-bond acceptors (Lipinski definition) is 0. The van der Waals surface area contributed by atoms with E-state index in [2.05, 4.69) is 59.9 Å². The van der Waals surface area contributed by atoms with Crippen molar-refractivity contribution in [2.24, 2.45) is 5.41 Å². The maximum atomic E-state index is 4.05. The molecular weight excluding hydrogens is 180 g/mol. The molecule has 0 spiro atoms. The highest BCUT2D eigenvalue weighted by atomic mass is 14.2. The first-order chi connectivity index (χ1) is 6.82. The van der Waals surface area contributed by atoms with Gasteiger partial charge in [-0.15, -0.1) is 0 Å². The summed E-state index contributed by atoms with van der Waals surface area (Å²) in [5.41, 5.74) is 3.92. The lowest BCUT2D eigenvalue weighted by Gasteiger charge is -2.21. The summed E-state index contributed by atoms with van der Waals surface area (Å²) in [6.07, 6.45) is 7.15. The van der Waals surface area contributed by atoms with E-state index >= 15 is 0 Å². The van der Waals surface area contributed by atoms with Crippen LogP contribution in [-0.4, -0.2) is 0 Å².